The van der Waals surface area contributed by atoms with Crippen molar-refractivity contribution in [3.8, 4) is 11.3 Å². The fourth-order valence-electron chi connectivity index (χ4n) is 2.91. The second-order valence-corrected chi connectivity index (χ2v) is 6.17. The van der Waals surface area contributed by atoms with Crippen molar-refractivity contribution in [3.05, 3.63) is 40.9 Å². The van der Waals surface area contributed by atoms with E-state index in [-0.39, 0.29) is 5.56 Å². The van der Waals surface area contributed by atoms with E-state index >= 15 is 0 Å². The van der Waals surface area contributed by atoms with E-state index in [4.69, 9.17) is 0 Å². The molecule has 0 aliphatic carbocycles. The van der Waals surface area contributed by atoms with E-state index in [2.05, 4.69) is 27.2 Å². The zero-order valence-electron chi connectivity index (χ0n) is 13.7. The summed E-state index contributed by atoms with van der Waals surface area (Å²) < 4.78 is 1.58. The van der Waals surface area contributed by atoms with Crippen molar-refractivity contribution >= 4 is 5.95 Å². The van der Waals surface area contributed by atoms with Gasteiger partial charge in [0.2, 0.25) is 5.95 Å². The number of likely N-dealkylation sites (tertiary alicyclic amines) is 1. The Morgan fingerprint density at radius 2 is 1.96 bits per heavy atom. The minimum Gasteiger partial charge on any atom is -0.353 e. The Kier molecular flexibility index (Phi) is 4.71. The molecular weight excluding hydrogens is 290 g/mol. The lowest BCUT2D eigenvalue weighted by molar-refractivity contribution is 0.348. The van der Waals surface area contributed by atoms with Crippen molar-refractivity contribution in [2.45, 2.75) is 25.3 Å². The quantitative estimate of drug-likeness (QED) is 0.935. The molecule has 1 aliphatic heterocycles. The second kappa shape index (κ2) is 6.91. The summed E-state index contributed by atoms with van der Waals surface area (Å²) in [5.74, 6) is 0.638. The molecule has 1 saturated heterocycles. The van der Waals surface area contributed by atoms with Crippen LogP contribution in [0.3, 0.4) is 0 Å². The Bertz CT molecular complexity index is 713. The van der Waals surface area contributed by atoms with E-state index in [1.54, 1.807) is 30.1 Å². The molecule has 3 heterocycles. The highest BCUT2D eigenvalue weighted by Gasteiger charge is 2.17. The van der Waals surface area contributed by atoms with Crippen LogP contribution >= 0.6 is 0 Å². The van der Waals surface area contributed by atoms with Crippen molar-refractivity contribution in [3.63, 3.8) is 0 Å². The first-order valence-electron chi connectivity index (χ1n) is 8.07. The van der Waals surface area contributed by atoms with Gasteiger partial charge in [-0.3, -0.25) is 14.3 Å². The third-order valence-corrected chi connectivity index (χ3v) is 4.40. The van der Waals surface area contributed by atoms with E-state index in [0.29, 0.717) is 17.7 Å². The SMILES string of the molecule is CN1CCCC(Nc2nc(-c3ccncc3)cc(=O)n2C)CC1. The van der Waals surface area contributed by atoms with Gasteiger partial charge in [0, 0.05) is 37.1 Å². The smallest absolute Gasteiger partial charge is 0.255 e. The zero-order chi connectivity index (χ0) is 16.2. The molecule has 3 rings (SSSR count). The van der Waals surface area contributed by atoms with Crippen LogP contribution in [0.15, 0.2) is 35.4 Å². The number of rotatable bonds is 3. The number of hydrogen-bond donors (Lipinski definition) is 1. The Labute approximate surface area is 136 Å². The highest BCUT2D eigenvalue weighted by atomic mass is 16.1. The molecule has 1 unspecified atom stereocenters. The molecule has 0 spiro atoms. The van der Waals surface area contributed by atoms with Crippen molar-refractivity contribution in [1.82, 2.24) is 19.4 Å². The first kappa shape index (κ1) is 15.7. The topological polar surface area (TPSA) is 63.0 Å². The van der Waals surface area contributed by atoms with Crippen LogP contribution in [0, 0.1) is 0 Å². The van der Waals surface area contributed by atoms with Gasteiger partial charge < -0.3 is 10.2 Å². The molecule has 0 saturated carbocycles. The van der Waals surface area contributed by atoms with Crippen molar-refractivity contribution in [1.29, 1.82) is 0 Å². The maximum atomic E-state index is 12.3. The van der Waals surface area contributed by atoms with Gasteiger partial charge in [-0.25, -0.2) is 4.98 Å². The van der Waals surface area contributed by atoms with Gasteiger partial charge in [-0.2, -0.15) is 0 Å². The van der Waals surface area contributed by atoms with Crippen molar-refractivity contribution in [2.24, 2.45) is 7.05 Å². The first-order chi connectivity index (χ1) is 11.1. The summed E-state index contributed by atoms with van der Waals surface area (Å²) in [5, 5.41) is 3.47. The monoisotopic (exact) mass is 313 g/mol. The third kappa shape index (κ3) is 3.76. The normalized spacial score (nSPS) is 19.3. The summed E-state index contributed by atoms with van der Waals surface area (Å²) in [6, 6.07) is 5.66. The van der Waals surface area contributed by atoms with Gasteiger partial charge in [0.15, 0.2) is 0 Å². The minimum atomic E-state index is -0.0555. The molecule has 23 heavy (non-hydrogen) atoms. The van der Waals surface area contributed by atoms with Gasteiger partial charge >= 0.3 is 0 Å². The van der Waals surface area contributed by atoms with Crippen LogP contribution in [-0.4, -0.2) is 45.6 Å². The molecule has 6 heteroatoms. The lowest BCUT2D eigenvalue weighted by atomic mass is 10.1. The van der Waals surface area contributed by atoms with E-state index < -0.39 is 0 Å². The Balaban J connectivity index is 1.86. The standard InChI is InChI=1S/C17H23N5O/c1-21-10-3-4-14(7-11-21)19-17-20-15(12-16(23)22(17)2)13-5-8-18-9-6-13/h5-6,8-9,12,14H,3-4,7,10-11H2,1-2H3,(H,19,20). The summed E-state index contributed by atoms with van der Waals surface area (Å²) in [6.45, 7) is 2.19. The summed E-state index contributed by atoms with van der Waals surface area (Å²) in [7, 11) is 3.91. The predicted octanol–water partition coefficient (Wildman–Crippen LogP) is 1.74. The zero-order valence-corrected chi connectivity index (χ0v) is 13.7. The third-order valence-electron chi connectivity index (χ3n) is 4.40. The van der Waals surface area contributed by atoms with Crippen molar-refractivity contribution < 1.29 is 0 Å². The molecule has 1 fully saturated rings. The van der Waals surface area contributed by atoms with Crippen LogP contribution in [0.5, 0.6) is 0 Å². The first-order valence-corrected chi connectivity index (χ1v) is 8.07. The van der Waals surface area contributed by atoms with Gasteiger partial charge in [0.25, 0.3) is 5.56 Å². The lowest BCUT2D eigenvalue weighted by Gasteiger charge is -2.19. The summed E-state index contributed by atoms with van der Waals surface area (Å²) in [4.78, 5) is 23.3. The average Bonchev–Trinajstić information content (AvgIpc) is 2.77. The molecule has 2 aromatic rings. The number of anilines is 1. The number of aromatic nitrogens is 3. The van der Waals surface area contributed by atoms with Crippen LogP contribution in [0.25, 0.3) is 11.3 Å². The van der Waals surface area contributed by atoms with Crippen LogP contribution in [-0.2, 0) is 7.05 Å². The average molecular weight is 313 g/mol. The van der Waals surface area contributed by atoms with Gasteiger partial charge in [0.1, 0.15) is 0 Å². The molecule has 122 valence electrons. The van der Waals surface area contributed by atoms with Gasteiger partial charge in [-0.15, -0.1) is 0 Å². The van der Waals surface area contributed by atoms with E-state index in [9.17, 15) is 4.79 Å². The second-order valence-electron chi connectivity index (χ2n) is 6.17. The largest absolute Gasteiger partial charge is 0.353 e. The summed E-state index contributed by atoms with van der Waals surface area (Å²) >= 11 is 0. The maximum Gasteiger partial charge on any atom is 0.255 e. The number of nitrogens with one attached hydrogen (secondary N) is 1. The Morgan fingerprint density at radius 1 is 1.17 bits per heavy atom. The number of hydrogen-bond acceptors (Lipinski definition) is 5. The highest BCUT2D eigenvalue weighted by molar-refractivity contribution is 5.59. The molecule has 2 aromatic heterocycles. The predicted molar refractivity (Wildman–Crippen MR) is 91.5 cm³/mol. The van der Waals surface area contributed by atoms with Crippen LogP contribution in [0.1, 0.15) is 19.3 Å². The number of pyridine rings is 1. The van der Waals surface area contributed by atoms with E-state index in [1.807, 2.05) is 12.1 Å². The highest BCUT2D eigenvalue weighted by Crippen LogP contribution is 2.18. The van der Waals surface area contributed by atoms with Crippen molar-refractivity contribution in [2.75, 3.05) is 25.5 Å². The molecule has 0 amide bonds. The fraction of sp³-hybridized carbons (Fsp3) is 0.471. The molecule has 1 N–H and O–H groups in total. The molecular formula is C17H23N5O. The molecule has 1 atom stereocenters. The van der Waals surface area contributed by atoms with E-state index in [1.165, 1.54) is 0 Å². The molecule has 0 aromatic carbocycles. The Hall–Kier alpha value is -2.21. The van der Waals surface area contributed by atoms with E-state index in [0.717, 1.165) is 37.9 Å². The fourth-order valence-corrected chi connectivity index (χ4v) is 2.91. The molecule has 0 radical (unpaired) electrons. The number of nitrogens with zero attached hydrogens (tertiary/aromatic N) is 4. The Morgan fingerprint density at radius 3 is 2.74 bits per heavy atom. The van der Waals surface area contributed by atoms with Gasteiger partial charge in [-0.1, -0.05) is 0 Å². The molecule has 1 aliphatic rings. The minimum absolute atomic E-state index is 0.0555. The van der Waals surface area contributed by atoms with Crippen LogP contribution < -0.4 is 10.9 Å². The molecule has 0 bridgehead atoms. The summed E-state index contributed by atoms with van der Waals surface area (Å²) in [5.41, 5.74) is 1.53. The summed E-state index contributed by atoms with van der Waals surface area (Å²) in [6.07, 6.45) is 6.74. The van der Waals surface area contributed by atoms with Gasteiger partial charge in [-0.05, 0) is 51.5 Å². The molecule has 6 nitrogen and oxygen atoms in total. The lowest BCUT2D eigenvalue weighted by Crippen LogP contribution is -2.28. The van der Waals surface area contributed by atoms with Crippen LogP contribution in [0.4, 0.5) is 5.95 Å². The van der Waals surface area contributed by atoms with Gasteiger partial charge in [0.05, 0.1) is 5.69 Å². The maximum absolute atomic E-state index is 12.3. The van der Waals surface area contributed by atoms with Crippen LogP contribution in [0.2, 0.25) is 0 Å².